The van der Waals surface area contributed by atoms with Crippen molar-refractivity contribution in [3.8, 4) is 11.5 Å². The van der Waals surface area contributed by atoms with Crippen LogP contribution >= 0.6 is 0 Å². The van der Waals surface area contributed by atoms with Crippen LogP contribution in [0.25, 0.3) is 0 Å². The highest BCUT2D eigenvalue weighted by Gasteiger charge is 2.06. The molecule has 0 unspecified atom stereocenters. The Morgan fingerprint density at radius 1 is 1.00 bits per heavy atom. The number of nitrogens with two attached hydrogens (primary N) is 1. The summed E-state index contributed by atoms with van der Waals surface area (Å²) in [7, 11) is 3.28. The normalized spacial score (nSPS) is 10.1. The first-order valence-electron chi connectivity index (χ1n) is 5.99. The van der Waals surface area contributed by atoms with Gasteiger partial charge < -0.3 is 20.5 Å². The van der Waals surface area contributed by atoms with Gasteiger partial charge in [-0.05, 0) is 42.8 Å². The molecule has 0 amide bonds. The van der Waals surface area contributed by atoms with Crippen molar-refractivity contribution in [3.05, 3.63) is 42.0 Å². The van der Waals surface area contributed by atoms with Crippen molar-refractivity contribution < 1.29 is 9.47 Å². The lowest BCUT2D eigenvalue weighted by Gasteiger charge is -2.13. The number of hydrogen-bond donors (Lipinski definition) is 2. The van der Waals surface area contributed by atoms with Crippen molar-refractivity contribution in [2.45, 2.75) is 6.92 Å². The van der Waals surface area contributed by atoms with E-state index in [2.05, 4.69) is 5.32 Å². The van der Waals surface area contributed by atoms with E-state index < -0.39 is 0 Å². The lowest BCUT2D eigenvalue weighted by atomic mass is 10.1. The molecule has 0 bridgehead atoms. The first kappa shape index (κ1) is 13.1. The van der Waals surface area contributed by atoms with Gasteiger partial charge in [0.1, 0.15) is 11.5 Å². The predicted molar refractivity (Wildman–Crippen MR) is 78.4 cm³/mol. The Bertz CT molecular complexity index is 582. The molecule has 100 valence electrons. The smallest absolute Gasteiger partial charge is 0.142 e. The van der Waals surface area contributed by atoms with Crippen molar-refractivity contribution >= 4 is 17.1 Å². The summed E-state index contributed by atoms with van der Waals surface area (Å²) in [6.45, 7) is 1.98. The van der Waals surface area contributed by atoms with Crippen LogP contribution in [0.3, 0.4) is 0 Å². The van der Waals surface area contributed by atoms with E-state index in [4.69, 9.17) is 15.2 Å². The molecule has 2 rings (SSSR count). The molecule has 19 heavy (non-hydrogen) atoms. The third-order valence-corrected chi connectivity index (χ3v) is 2.96. The van der Waals surface area contributed by atoms with E-state index in [1.807, 2.05) is 43.3 Å². The molecule has 0 saturated carbocycles. The Kier molecular flexibility index (Phi) is 3.80. The van der Waals surface area contributed by atoms with Crippen LogP contribution in [-0.4, -0.2) is 14.2 Å². The second-order valence-corrected chi connectivity index (χ2v) is 4.26. The molecule has 0 aliphatic rings. The molecule has 0 aliphatic carbocycles. The molecular formula is C15H18N2O2. The SMILES string of the molecule is COc1ccc(OC)c(Nc2ccc(N)c(C)c2)c1. The number of hydrogen-bond acceptors (Lipinski definition) is 4. The van der Waals surface area contributed by atoms with Crippen molar-refractivity contribution in [2.75, 3.05) is 25.3 Å². The quantitative estimate of drug-likeness (QED) is 0.826. The van der Waals surface area contributed by atoms with Gasteiger partial charge in [-0.15, -0.1) is 0 Å². The summed E-state index contributed by atoms with van der Waals surface area (Å²) in [5, 5.41) is 3.31. The van der Waals surface area contributed by atoms with E-state index in [0.717, 1.165) is 34.1 Å². The topological polar surface area (TPSA) is 56.5 Å². The fourth-order valence-corrected chi connectivity index (χ4v) is 1.82. The van der Waals surface area contributed by atoms with Gasteiger partial charge in [-0.2, -0.15) is 0 Å². The van der Waals surface area contributed by atoms with Crippen LogP contribution in [0.2, 0.25) is 0 Å². The minimum Gasteiger partial charge on any atom is -0.497 e. The molecule has 0 spiro atoms. The van der Waals surface area contributed by atoms with Crippen molar-refractivity contribution in [1.29, 1.82) is 0 Å². The van der Waals surface area contributed by atoms with Crippen LogP contribution in [-0.2, 0) is 0 Å². The molecule has 0 fully saturated rings. The van der Waals surface area contributed by atoms with Crippen LogP contribution in [0, 0.1) is 6.92 Å². The van der Waals surface area contributed by atoms with Gasteiger partial charge in [0.25, 0.3) is 0 Å². The van der Waals surface area contributed by atoms with Crippen LogP contribution in [0.15, 0.2) is 36.4 Å². The highest BCUT2D eigenvalue weighted by molar-refractivity contribution is 5.70. The molecule has 2 aromatic carbocycles. The molecule has 0 heterocycles. The molecule has 2 aromatic rings. The van der Waals surface area contributed by atoms with Gasteiger partial charge in [0.15, 0.2) is 0 Å². The zero-order valence-corrected chi connectivity index (χ0v) is 11.4. The first-order chi connectivity index (χ1) is 9.13. The number of aryl methyl sites for hydroxylation is 1. The maximum atomic E-state index is 5.81. The van der Waals surface area contributed by atoms with E-state index >= 15 is 0 Å². The predicted octanol–water partition coefficient (Wildman–Crippen LogP) is 3.34. The van der Waals surface area contributed by atoms with Gasteiger partial charge in [0, 0.05) is 17.4 Å². The van der Waals surface area contributed by atoms with Gasteiger partial charge in [0.05, 0.1) is 19.9 Å². The molecule has 4 nitrogen and oxygen atoms in total. The summed E-state index contributed by atoms with van der Waals surface area (Å²) in [4.78, 5) is 0. The Hall–Kier alpha value is -2.36. The number of anilines is 3. The number of nitrogens with one attached hydrogen (secondary N) is 1. The summed E-state index contributed by atoms with van der Waals surface area (Å²) in [5.74, 6) is 1.53. The van der Waals surface area contributed by atoms with E-state index in [1.54, 1.807) is 14.2 Å². The van der Waals surface area contributed by atoms with E-state index in [-0.39, 0.29) is 0 Å². The van der Waals surface area contributed by atoms with Crippen LogP contribution in [0.5, 0.6) is 11.5 Å². The Labute approximate surface area is 113 Å². The van der Waals surface area contributed by atoms with Gasteiger partial charge in [0.2, 0.25) is 0 Å². The molecule has 3 N–H and O–H groups in total. The van der Waals surface area contributed by atoms with Crippen LogP contribution < -0.4 is 20.5 Å². The maximum absolute atomic E-state index is 5.81. The average Bonchev–Trinajstić information content (AvgIpc) is 2.43. The summed E-state index contributed by atoms with van der Waals surface area (Å²) < 4.78 is 10.5. The van der Waals surface area contributed by atoms with Gasteiger partial charge in [-0.3, -0.25) is 0 Å². The maximum Gasteiger partial charge on any atom is 0.142 e. The molecule has 4 heteroatoms. The fraction of sp³-hybridized carbons (Fsp3) is 0.200. The lowest BCUT2D eigenvalue weighted by molar-refractivity contribution is 0.405. The zero-order chi connectivity index (χ0) is 13.8. The Morgan fingerprint density at radius 2 is 1.79 bits per heavy atom. The lowest BCUT2D eigenvalue weighted by Crippen LogP contribution is -1.97. The second-order valence-electron chi connectivity index (χ2n) is 4.26. The average molecular weight is 258 g/mol. The Balaban J connectivity index is 2.33. The summed E-state index contributed by atoms with van der Waals surface area (Å²) in [6.07, 6.45) is 0. The molecular weight excluding hydrogens is 240 g/mol. The van der Waals surface area contributed by atoms with Crippen LogP contribution in [0.4, 0.5) is 17.1 Å². The van der Waals surface area contributed by atoms with Gasteiger partial charge >= 0.3 is 0 Å². The molecule has 0 aliphatic heterocycles. The van der Waals surface area contributed by atoms with Crippen molar-refractivity contribution in [3.63, 3.8) is 0 Å². The van der Waals surface area contributed by atoms with Crippen LogP contribution in [0.1, 0.15) is 5.56 Å². The Morgan fingerprint density at radius 3 is 2.42 bits per heavy atom. The standard InChI is InChI=1S/C15H18N2O2/c1-10-8-11(4-6-13(10)16)17-14-9-12(18-2)5-7-15(14)19-3/h4-9,17H,16H2,1-3H3. The van der Waals surface area contributed by atoms with Crippen molar-refractivity contribution in [1.82, 2.24) is 0 Å². The minimum absolute atomic E-state index is 0.760. The highest BCUT2D eigenvalue weighted by atomic mass is 16.5. The molecule has 0 radical (unpaired) electrons. The van der Waals surface area contributed by atoms with E-state index in [9.17, 15) is 0 Å². The number of nitrogen functional groups attached to an aromatic ring is 1. The number of methoxy groups -OCH3 is 2. The third-order valence-electron chi connectivity index (χ3n) is 2.96. The third kappa shape index (κ3) is 2.91. The largest absolute Gasteiger partial charge is 0.497 e. The minimum atomic E-state index is 0.760. The molecule has 0 atom stereocenters. The number of rotatable bonds is 4. The summed E-state index contributed by atoms with van der Waals surface area (Å²) >= 11 is 0. The summed E-state index contributed by atoms with van der Waals surface area (Å²) in [5.41, 5.74) is 9.44. The summed E-state index contributed by atoms with van der Waals surface area (Å²) in [6, 6.07) is 11.4. The second kappa shape index (κ2) is 5.52. The number of ether oxygens (including phenoxy) is 2. The molecule has 0 saturated heterocycles. The van der Waals surface area contributed by atoms with Crippen molar-refractivity contribution in [2.24, 2.45) is 0 Å². The molecule has 0 aromatic heterocycles. The zero-order valence-electron chi connectivity index (χ0n) is 11.4. The number of benzene rings is 2. The monoisotopic (exact) mass is 258 g/mol. The van der Waals surface area contributed by atoms with E-state index in [0.29, 0.717) is 0 Å². The van der Waals surface area contributed by atoms with Gasteiger partial charge in [-0.1, -0.05) is 0 Å². The first-order valence-corrected chi connectivity index (χ1v) is 5.99. The van der Waals surface area contributed by atoms with Gasteiger partial charge in [-0.25, -0.2) is 0 Å². The van der Waals surface area contributed by atoms with E-state index in [1.165, 1.54) is 0 Å². The highest BCUT2D eigenvalue weighted by Crippen LogP contribution is 2.32. The fourth-order valence-electron chi connectivity index (χ4n) is 1.82.